The number of rotatable bonds is 4. The van der Waals surface area contributed by atoms with E-state index in [2.05, 4.69) is 163 Å². The Morgan fingerprint density at radius 2 is 0.932 bits per heavy atom. The lowest BCUT2D eigenvalue weighted by Crippen LogP contribution is -2.09. The van der Waals surface area contributed by atoms with Crippen molar-refractivity contribution in [3.05, 3.63) is 164 Å². The fourth-order valence-electron chi connectivity index (χ4n) is 6.82. The summed E-state index contributed by atoms with van der Waals surface area (Å²) in [5, 5.41) is 9.61. The van der Waals surface area contributed by atoms with Crippen LogP contribution in [0.4, 0.5) is 17.1 Å². The van der Waals surface area contributed by atoms with Crippen LogP contribution in [0.2, 0.25) is 0 Å². The molecule has 0 saturated carbocycles. The molecule has 1 aromatic heterocycles. The summed E-state index contributed by atoms with van der Waals surface area (Å²) in [6, 6.07) is 58.4. The molecule has 0 aliphatic rings. The minimum absolute atomic E-state index is 0.924. The molecule has 0 fully saturated rings. The maximum absolute atomic E-state index is 6.53. The van der Waals surface area contributed by atoms with E-state index >= 15 is 0 Å². The summed E-state index contributed by atoms with van der Waals surface area (Å²) in [6.45, 7) is 0. The molecule has 9 aromatic rings. The number of fused-ring (bicyclic) bond motifs is 10. The van der Waals surface area contributed by atoms with Crippen molar-refractivity contribution < 1.29 is 4.42 Å². The molecule has 206 valence electrons. The molecule has 0 atom stereocenters. The standard InChI is InChI=1S/C42H27NO/c1-3-11-28(12-4-1)29-19-22-32(23-20-29)43(31-13-5-2-6-14-31)33-24-26-34-30(27-33)21-25-38-40(34)35-15-7-8-16-36(35)41-37-17-9-10-18-39(37)44-42(38)41/h1-27H. The first kappa shape index (κ1) is 24.7. The molecule has 2 nitrogen and oxygen atoms in total. The molecule has 8 aromatic carbocycles. The molecule has 0 aliphatic heterocycles. The van der Waals surface area contributed by atoms with E-state index in [1.54, 1.807) is 0 Å². The normalized spacial score (nSPS) is 11.6. The first-order valence-electron chi connectivity index (χ1n) is 15.0. The monoisotopic (exact) mass is 561 g/mol. The average Bonchev–Trinajstić information content (AvgIpc) is 3.49. The minimum atomic E-state index is 0.924. The van der Waals surface area contributed by atoms with Crippen LogP contribution in [0.5, 0.6) is 0 Å². The zero-order chi connectivity index (χ0) is 29.0. The Morgan fingerprint density at radius 3 is 1.70 bits per heavy atom. The molecule has 9 rings (SSSR count). The Morgan fingerprint density at radius 1 is 0.364 bits per heavy atom. The zero-order valence-corrected chi connectivity index (χ0v) is 23.9. The fraction of sp³-hybridized carbons (Fsp3) is 0. The molecule has 0 spiro atoms. The van der Waals surface area contributed by atoms with Gasteiger partial charge in [0, 0.05) is 38.6 Å². The second-order valence-electron chi connectivity index (χ2n) is 11.3. The topological polar surface area (TPSA) is 16.4 Å². The van der Waals surface area contributed by atoms with Crippen LogP contribution in [0.25, 0.3) is 65.4 Å². The highest BCUT2D eigenvalue weighted by atomic mass is 16.3. The van der Waals surface area contributed by atoms with Crippen molar-refractivity contribution in [3.8, 4) is 11.1 Å². The van der Waals surface area contributed by atoms with E-state index in [4.69, 9.17) is 4.42 Å². The number of para-hydroxylation sites is 2. The van der Waals surface area contributed by atoms with E-state index in [1.807, 2.05) is 6.07 Å². The molecule has 0 N–H and O–H groups in total. The van der Waals surface area contributed by atoms with Gasteiger partial charge in [-0.25, -0.2) is 0 Å². The smallest absolute Gasteiger partial charge is 0.143 e. The van der Waals surface area contributed by atoms with Crippen LogP contribution in [0.1, 0.15) is 0 Å². The first-order chi connectivity index (χ1) is 21.8. The Labute approximate surface area is 255 Å². The van der Waals surface area contributed by atoms with Crippen molar-refractivity contribution in [1.82, 2.24) is 0 Å². The molecule has 0 aliphatic carbocycles. The average molecular weight is 562 g/mol. The molecular formula is C42H27NO. The Hall–Kier alpha value is -5.86. The number of benzene rings is 8. The SMILES string of the molecule is c1ccc(-c2ccc(N(c3ccccc3)c3ccc4c(ccc5c6oc7ccccc7c6c6ccccc6c45)c3)cc2)cc1. The van der Waals surface area contributed by atoms with Crippen LogP contribution < -0.4 is 4.90 Å². The van der Waals surface area contributed by atoms with E-state index in [9.17, 15) is 0 Å². The van der Waals surface area contributed by atoms with Gasteiger partial charge in [0.25, 0.3) is 0 Å². The fourth-order valence-corrected chi connectivity index (χ4v) is 6.82. The van der Waals surface area contributed by atoms with Crippen molar-refractivity contribution in [1.29, 1.82) is 0 Å². The Kier molecular flexibility index (Phi) is 5.54. The summed E-state index contributed by atoms with van der Waals surface area (Å²) in [4.78, 5) is 2.33. The third-order valence-corrected chi connectivity index (χ3v) is 8.81. The highest BCUT2D eigenvalue weighted by Crippen LogP contribution is 2.44. The van der Waals surface area contributed by atoms with Crippen LogP contribution in [0.15, 0.2) is 168 Å². The number of hydrogen-bond acceptors (Lipinski definition) is 2. The van der Waals surface area contributed by atoms with E-state index < -0.39 is 0 Å². The van der Waals surface area contributed by atoms with Crippen LogP contribution in [0, 0.1) is 0 Å². The predicted molar refractivity (Wildman–Crippen MR) is 186 cm³/mol. The molecule has 0 saturated heterocycles. The second-order valence-corrected chi connectivity index (χ2v) is 11.3. The largest absolute Gasteiger partial charge is 0.455 e. The van der Waals surface area contributed by atoms with Crippen molar-refractivity contribution in [2.24, 2.45) is 0 Å². The lowest BCUT2D eigenvalue weighted by atomic mass is 9.93. The predicted octanol–water partition coefficient (Wildman–Crippen LogP) is 12.2. The molecule has 44 heavy (non-hydrogen) atoms. The van der Waals surface area contributed by atoms with E-state index in [0.717, 1.165) is 39.0 Å². The zero-order valence-electron chi connectivity index (χ0n) is 23.9. The molecule has 2 heteroatoms. The van der Waals surface area contributed by atoms with Crippen LogP contribution >= 0.6 is 0 Å². The third-order valence-electron chi connectivity index (χ3n) is 8.81. The lowest BCUT2D eigenvalue weighted by molar-refractivity contribution is 0.673. The maximum Gasteiger partial charge on any atom is 0.143 e. The highest BCUT2D eigenvalue weighted by Gasteiger charge is 2.18. The summed E-state index contributed by atoms with van der Waals surface area (Å²) in [5.41, 5.74) is 7.65. The highest BCUT2D eigenvalue weighted by molar-refractivity contribution is 6.34. The van der Waals surface area contributed by atoms with Crippen molar-refractivity contribution >= 4 is 71.3 Å². The lowest BCUT2D eigenvalue weighted by Gasteiger charge is -2.26. The van der Waals surface area contributed by atoms with Gasteiger partial charge in [-0.15, -0.1) is 0 Å². The van der Waals surface area contributed by atoms with Gasteiger partial charge in [-0.1, -0.05) is 115 Å². The number of anilines is 3. The van der Waals surface area contributed by atoms with Gasteiger partial charge >= 0.3 is 0 Å². The van der Waals surface area contributed by atoms with Crippen LogP contribution in [-0.2, 0) is 0 Å². The maximum atomic E-state index is 6.53. The molecule has 1 heterocycles. The van der Waals surface area contributed by atoms with Crippen molar-refractivity contribution in [2.75, 3.05) is 4.90 Å². The van der Waals surface area contributed by atoms with Gasteiger partial charge in [-0.3, -0.25) is 0 Å². The first-order valence-corrected chi connectivity index (χ1v) is 15.0. The van der Waals surface area contributed by atoms with Gasteiger partial charge in [0.05, 0.1) is 0 Å². The minimum Gasteiger partial charge on any atom is -0.455 e. The molecule has 0 bridgehead atoms. The summed E-state index contributed by atoms with van der Waals surface area (Å²) in [6.07, 6.45) is 0. The van der Waals surface area contributed by atoms with E-state index in [-0.39, 0.29) is 0 Å². The Balaban J connectivity index is 1.26. The second kappa shape index (κ2) is 9.86. The van der Waals surface area contributed by atoms with Gasteiger partial charge in [0.15, 0.2) is 0 Å². The molecule has 0 amide bonds. The quantitative estimate of drug-likeness (QED) is 0.199. The summed E-state index contributed by atoms with van der Waals surface area (Å²) in [5.74, 6) is 0. The molecular weight excluding hydrogens is 534 g/mol. The van der Waals surface area contributed by atoms with E-state index in [1.165, 1.54) is 43.4 Å². The van der Waals surface area contributed by atoms with E-state index in [0.29, 0.717) is 0 Å². The number of nitrogens with zero attached hydrogens (tertiary/aromatic N) is 1. The summed E-state index contributed by atoms with van der Waals surface area (Å²) >= 11 is 0. The van der Waals surface area contributed by atoms with Crippen molar-refractivity contribution in [2.45, 2.75) is 0 Å². The van der Waals surface area contributed by atoms with Crippen LogP contribution in [0.3, 0.4) is 0 Å². The Bertz CT molecular complexity index is 2480. The molecule has 0 radical (unpaired) electrons. The van der Waals surface area contributed by atoms with Gasteiger partial charge in [-0.2, -0.15) is 0 Å². The van der Waals surface area contributed by atoms with Gasteiger partial charge in [0.1, 0.15) is 11.2 Å². The van der Waals surface area contributed by atoms with Gasteiger partial charge in [-0.05, 0) is 81.2 Å². The summed E-state index contributed by atoms with van der Waals surface area (Å²) < 4.78 is 6.53. The van der Waals surface area contributed by atoms with Crippen molar-refractivity contribution in [3.63, 3.8) is 0 Å². The molecule has 0 unspecified atom stereocenters. The van der Waals surface area contributed by atoms with Gasteiger partial charge < -0.3 is 9.32 Å². The van der Waals surface area contributed by atoms with Crippen LogP contribution in [-0.4, -0.2) is 0 Å². The number of furan rings is 1. The summed E-state index contributed by atoms with van der Waals surface area (Å²) in [7, 11) is 0. The van der Waals surface area contributed by atoms with Gasteiger partial charge in [0.2, 0.25) is 0 Å². The third kappa shape index (κ3) is 3.82. The number of hydrogen-bond donors (Lipinski definition) is 0.